The third-order valence-electron chi connectivity index (χ3n) is 1.09. The SMILES string of the molecule is C=C(C)COCCNCC(=C)Cl. The van der Waals surface area contributed by atoms with Crippen molar-refractivity contribution in [3.05, 3.63) is 23.8 Å². The Labute approximate surface area is 79.2 Å². The Kier molecular flexibility index (Phi) is 7.16. The summed E-state index contributed by atoms with van der Waals surface area (Å²) in [5.41, 5.74) is 1.04. The molecule has 0 aliphatic heterocycles. The van der Waals surface area contributed by atoms with E-state index in [1.807, 2.05) is 6.92 Å². The standard InChI is InChI=1S/C9H16ClNO/c1-8(2)7-12-5-4-11-6-9(3)10/h11H,1,3-7H2,2H3. The third-order valence-corrected chi connectivity index (χ3v) is 1.22. The van der Waals surface area contributed by atoms with Crippen molar-refractivity contribution in [2.45, 2.75) is 6.92 Å². The summed E-state index contributed by atoms with van der Waals surface area (Å²) in [6, 6.07) is 0. The highest BCUT2D eigenvalue weighted by molar-refractivity contribution is 6.29. The van der Waals surface area contributed by atoms with E-state index >= 15 is 0 Å². The van der Waals surface area contributed by atoms with E-state index in [2.05, 4.69) is 18.5 Å². The van der Waals surface area contributed by atoms with Crippen LogP contribution in [-0.4, -0.2) is 26.3 Å². The molecule has 1 N–H and O–H groups in total. The summed E-state index contributed by atoms with van der Waals surface area (Å²) >= 11 is 5.53. The van der Waals surface area contributed by atoms with Gasteiger partial charge in [0.2, 0.25) is 0 Å². The number of hydrogen-bond acceptors (Lipinski definition) is 2. The Balaban J connectivity index is 3.01. The lowest BCUT2D eigenvalue weighted by atomic mass is 10.4. The molecular weight excluding hydrogens is 174 g/mol. The Bertz CT molecular complexity index is 139. The van der Waals surface area contributed by atoms with Crippen LogP contribution < -0.4 is 5.32 Å². The first-order valence-electron chi connectivity index (χ1n) is 3.89. The molecule has 2 nitrogen and oxygen atoms in total. The highest BCUT2D eigenvalue weighted by Crippen LogP contribution is 1.91. The Morgan fingerprint density at radius 3 is 2.67 bits per heavy atom. The molecule has 0 atom stereocenters. The van der Waals surface area contributed by atoms with Gasteiger partial charge in [0.1, 0.15) is 0 Å². The van der Waals surface area contributed by atoms with Crippen molar-refractivity contribution in [2.75, 3.05) is 26.3 Å². The van der Waals surface area contributed by atoms with E-state index in [9.17, 15) is 0 Å². The molecular formula is C9H16ClNO. The summed E-state index contributed by atoms with van der Waals surface area (Å²) < 4.78 is 5.24. The largest absolute Gasteiger partial charge is 0.376 e. The maximum absolute atomic E-state index is 5.53. The van der Waals surface area contributed by atoms with Gasteiger partial charge in [-0.15, -0.1) is 0 Å². The summed E-state index contributed by atoms with van der Waals surface area (Å²) in [6.07, 6.45) is 0. The summed E-state index contributed by atoms with van der Waals surface area (Å²) in [4.78, 5) is 0. The molecule has 0 saturated carbocycles. The van der Waals surface area contributed by atoms with E-state index in [0.29, 0.717) is 24.8 Å². The van der Waals surface area contributed by atoms with Crippen LogP contribution in [0.3, 0.4) is 0 Å². The molecule has 0 amide bonds. The highest BCUT2D eigenvalue weighted by atomic mass is 35.5. The number of hydrogen-bond donors (Lipinski definition) is 1. The lowest BCUT2D eigenvalue weighted by Crippen LogP contribution is -2.21. The third kappa shape index (κ3) is 9.69. The topological polar surface area (TPSA) is 21.3 Å². The summed E-state index contributed by atoms with van der Waals surface area (Å²) in [5.74, 6) is 0. The summed E-state index contributed by atoms with van der Waals surface area (Å²) in [6.45, 7) is 11.9. The molecule has 0 aromatic carbocycles. The van der Waals surface area contributed by atoms with E-state index in [1.165, 1.54) is 0 Å². The van der Waals surface area contributed by atoms with E-state index in [4.69, 9.17) is 16.3 Å². The van der Waals surface area contributed by atoms with Gasteiger partial charge in [-0.1, -0.05) is 30.3 Å². The molecule has 3 heteroatoms. The van der Waals surface area contributed by atoms with E-state index < -0.39 is 0 Å². The molecule has 0 radical (unpaired) electrons. The monoisotopic (exact) mass is 189 g/mol. The molecule has 70 valence electrons. The van der Waals surface area contributed by atoms with E-state index in [-0.39, 0.29) is 0 Å². The Morgan fingerprint density at radius 2 is 2.17 bits per heavy atom. The van der Waals surface area contributed by atoms with Crippen LogP contribution in [0.15, 0.2) is 23.8 Å². The molecule has 0 spiro atoms. The first-order valence-corrected chi connectivity index (χ1v) is 4.27. The van der Waals surface area contributed by atoms with Crippen LogP contribution in [0.2, 0.25) is 0 Å². The number of rotatable bonds is 7. The summed E-state index contributed by atoms with van der Waals surface area (Å²) in [5, 5.41) is 3.69. The van der Waals surface area contributed by atoms with Crippen molar-refractivity contribution in [2.24, 2.45) is 0 Å². The van der Waals surface area contributed by atoms with Crippen LogP contribution in [-0.2, 0) is 4.74 Å². The lowest BCUT2D eigenvalue weighted by Gasteiger charge is -2.04. The van der Waals surface area contributed by atoms with Gasteiger partial charge in [-0.3, -0.25) is 0 Å². The predicted molar refractivity (Wildman–Crippen MR) is 53.5 cm³/mol. The van der Waals surface area contributed by atoms with Gasteiger partial charge in [-0.05, 0) is 6.92 Å². The number of ether oxygens (including phenoxy) is 1. The van der Waals surface area contributed by atoms with Gasteiger partial charge in [0, 0.05) is 18.1 Å². The molecule has 0 heterocycles. The molecule has 0 aliphatic rings. The van der Waals surface area contributed by atoms with Gasteiger partial charge in [0.05, 0.1) is 13.2 Å². The van der Waals surface area contributed by atoms with Crippen LogP contribution in [0.4, 0.5) is 0 Å². The first-order chi connectivity index (χ1) is 5.63. The molecule has 0 aromatic rings. The van der Waals surface area contributed by atoms with Crippen molar-refractivity contribution in [3.8, 4) is 0 Å². The number of halogens is 1. The fraction of sp³-hybridized carbons (Fsp3) is 0.556. The molecule has 12 heavy (non-hydrogen) atoms. The zero-order chi connectivity index (χ0) is 9.40. The van der Waals surface area contributed by atoms with Crippen LogP contribution in [0.1, 0.15) is 6.92 Å². The first kappa shape index (κ1) is 11.7. The zero-order valence-corrected chi connectivity index (χ0v) is 8.28. The second kappa shape index (κ2) is 7.35. The number of nitrogens with one attached hydrogen (secondary N) is 1. The predicted octanol–water partition coefficient (Wildman–Crippen LogP) is 1.92. The van der Waals surface area contributed by atoms with Gasteiger partial charge < -0.3 is 10.1 Å². The van der Waals surface area contributed by atoms with Crippen LogP contribution in [0.5, 0.6) is 0 Å². The normalized spacial score (nSPS) is 9.83. The van der Waals surface area contributed by atoms with Crippen molar-refractivity contribution in [1.29, 1.82) is 0 Å². The molecule has 0 bridgehead atoms. The Hall–Kier alpha value is -0.310. The quantitative estimate of drug-likeness (QED) is 0.488. The van der Waals surface area contributed by atoms with E-state index in [0.717, 1.165) is 12.1 Å². The molecule has 0 aromatic heterocycles. The van der Waals surface area contributed by atoms with Crippen molar-refractivity contribution in [3.63, 3.8) is 0 Å². The highest BCUT2D eigenvalue weighted by Gasteiger charge is 1.89. The van der Waals surface area contributed by atoms with Crippen LogP contribution in [0.25, 0.3) is 0 Å². The van der Waals surface area contributed by atoms with Gasteiger partial charge >= 0.3 is 0 Å². The maximum atomic E-state index is 5.53. The second-order valence-corrected chi connectivity index (χ2v) is 3.24. The van der Waals surface area contributed by atoms with Crippen molar-refractivity contribution in [1.82, 2.24) is 5.32 Å². The van der Waals surface area contributed by atoms with Crippen LogP contribution >= 0.6 is 11.6 Å². The molecule has 0 fully saturated rings. The molecule has 0 unspecified atom stereocenters. The Morgan fingerprint density at radius 1 is 1.50 bits per heavy atom. The minimum Gasteiger partial charge on any atom is -0.376 e. The molecule has 0 aliphatic carbocycles. The minimum atomic E-state index is 0.620. The van der Waals surface area contributed by atoms with Gasteiger partial charge in [-0.25, -0.2) is 0 Å². The average molecular weight is 190 g/mol. The lowest BCUT2D eigenvalue weighted by molar-refractivity contribution is 0.159. The summed E-state index contributed by atoms with van der Waals surface area (Å²) in [7, 11) is 0. The maximum Gasteiger partial charge on any atom is 0.0672 e. The van der Waals surface area contributed by atoms with Crippen LogP contribution in [0, 0.1) is 0 Å². The zero-order valence-electron chi connectivity index (χ0n) is 7.53. The van der Waals surface area contributed by atoms with Crippen molar-refractivity contribution >= 4 is 11.6 Å². The minimum absolute atomic E-state index is 0.620. The smallest absolute Gasteiger partial charge is 0.0672 e. The molecule has 0 saturated heterocycles. The van der Waals surface area contributed by atoms with Gasteiger partial charge in [0.25, 0.3) is 0 Å². The average Bonchev–Trinajstić information content (AvgIpc) is 1.95. The van der Waals surface area contributed by atoms with Crippen molar-refractivity contribution < 1.29 is 4.74 Å². The fourth-order valence-electron chi connectivity index (χ4n) is 0.615. The second-order valence-electron chi connectivity index (χ2n) is 2.70. The molecule has 0 rings (SSSR count). The fourth-order valence-corrected chi connectivity index (χ4v) is 0.709. The van der Waals surface area contributed by atoms with Gasteiger partial charge in [0.15, 0.2) is 0 Å². The van der Waals surface area contributed by atoms with Gasteiger partial charge in [-0.2, -0.15) is 0 Å². The van der Waals surface area contributed by atoms with E-state index in [1.54, 1.807) is 0 Å².